The first-order valence-electron chi connectivity index (χ1n) is 8.71. The molecule has 1 amide bonds. The van der Waals surface area contributed by atoms with Gasteiger partial charge in [-0.3, -0.25) is 4.79 Å². The number of ether oxygens (including phenoxy) is 1. The summed E-state index contributed by atoms with van der Waals surface area (Å²) in [7, 11) is -2.08. The van der Waals surface area contributed by atoms with E-state index in [2.05, 4.69) is 10.0 Å². The summed E-state index contributed by atoms with van der Waals surface area (Å²) in [5.41, 5.74) is 1.34. The molecule has 0 unspecified atom stereocenters. The monoisotopic (exact) mass is 412 g/mol. The maximum absolute atomic E-state index is 12.3. The first-order valence-corrected chi connectivity index (χ1v) is 10.2. The predicted molar refractivity (Wildman–Crippen MR) is 110 cm³/mol. The molecule has 0 atom stereocenters. The number of nitrogens with one attached hydrogen (secondary N) is 2. The van der Waals surface area contributed by atoms with E-state index in [9.17, 15) is 13.2 Å². The normalized spacial score (nSPS) is 11.5. The Kier molecular flexibility index (Phi) is 6.48. The summed E-state index contributed by atoms with van der Waals surface area (Å²) in [5.74, 6) is 0.926. The second-order valence-electron chi connectivity index (χ2n) is 6.02. The number of sulfonamides is 1. The highest BCUT2D eigenvalue weighted by Gasteiger charge is 2.13. The van der Waals surface area contributed by atoms with Gasteiger partial charge in [0.1, 0.15) is 11.5 Å². The smallest absolute Gasteiger partial charge is 0.248 e. The fourth-order valence-electron chi connectivity index (χ4n) is 2.45. The van der Waals surface area contributed by atoms with Crippen LogP contribution < -0.4 is 14.8 Å². The molecule has 0 fully saturated rings. The third kappa shape index (κ3) is 5.81. The molecule has 0 radical (unpaired) electrons. The molecule has 0 spiro atoms. The average Bonchev–Trinajstić information content (AvgIpc) is 3.25. The molecule has 1 aromatic heterocycles. The number of methoxy groups -OCH3 is 1. The molecule has 2 aromatic carbocycles. The van der Waals surface area contributed by atoms with Crippen molar-refractivity contribution in [2.24, 2.45) is 0 Å². The van der Waals surface area contributed by atoms with Gasteiger partial charge in [0.15, 0.2) is 0 Å². The zero-order chi connectivity index (χ0) is 20.7. The largest absolute Gasteiger partial charge is 0.497 e. The van der Waals surface area contributed by atoms with Gasteiger partial charge in [-0.05, 0) is 60.2 Å². The predicted octanol–water partition coefficient (Wildman–Crippen LogP) is 3.42. The van der Waals surface area contributed by atoms with E-state index in [1.807, 2.05) is 0 Å². The first-order chi connectivity index (χ1) is 14.0. The van der Waals surface area contributed by atoms with Crippen LogP contribution >= 0.6 is 0 Å². The molecule has 150 valence electrons. The van der Waals surface area contributed by atoms with Crippen LogP contribution in [0.2, 0.25) is 0 Å². The molecule has 0 aliphatic carbocycles. The lowest BCUT2D eigenvalue weighted by Crippen LogP contribution is -2.22. The summed E-state index contributed by atoms with van der Waals surface area (Å²) in [6.07, 6.45) is 4.46. The van der Waals surface area contributed by atoms with Gasteiger partial charge in [0.25, 0.3) is 0 Å². The maximum Gasteiger partial charge on any atom is 0.248 e. The van der Waals surface area contributed by atoms with Gasteiger partial charge in [0.05, 0.1) is 24.8 Å². The lowest BCUT2D eigenvalue weighted by atomic mass is 10.2. The van der Waals surface area contributed by atoms with Crippen LogP contribution in [0.1, 0.15) is 11.3 Å². The highest BCUT2D eigenvalue weighted by molar-refractivity contribution is 7.89. The van der Waals surface area contributed by atoms with Crippen molar-refractivity contribution in [1.82, 2.24) is 4.72 Å². The number of furan rings is 1. The third-order valence-electron chi connectivity index (χ3n) is 3.99. The average molecular weight is 412 g/mol. The van der Waals surface area contributed by atoms with Crippen molar-refractivity contribution < 1.29 is 22.4 Å². The molecule has 0 aliphatic rings. The van der Waals surface area contributed by atoms with Crippen LogP contribution in [0.4, 0.5) is 5.69 Å². The molecule has 0 saturated carbocycles. The van der Waals surface area contributed by atoms with Crippen molar-refractivity contribution in [1.29, 1.82) is 0 Å². The van der Waals surface area contributed by atoms with Gasteiger partial charge in [0.2, 0.25) is 15.9 Å². The Labute approximate surface area is 169 Å². The van der Waals surface area contributed by atoms with E-state index in [4.69, 9.17) is 9.15 Å². The molecule has 29 heavy (non-hydrogen) atoms. The quantitative estimate of drug-likeness (QED) is 0.553. The van der Waals surface area contributed by atoms with Crippen LogP contribution in [0.25, 0.3) is 6.08 Å². The Morgan fingerprint density at radius 2 is 1.79 bits per heavy atom. The topological polar surface area (TPSA) is 97.6 Å². The minimum atomic E-state index is -3.65. The highest BCUT2D eigenvalue weighted by atomic mass is 32.2. The Morgan fingerprint density at radius 3 is 2.41 bits per heavy atom. The summed E-state index contributed by atoms with van der Waals surface area (Å²) in [6.45, 7) is 0.0719. The van der Waals surface area contributed by atoms with Crippen molar-refractivity contribution in [2.45, 2.75) is 11.4 Å². The number of amides is 1. The van der Waals surface area contributed by atoms with Gasteiger partial charge in [0, 0.05) is 11.8 Å². The SMILES string of the molecule is COc1ccc(NC(=O)/C=C/c2ccc(S(=O)(=O)NCc3ccco3)cc2)cc1. The summed E-state index contributed by atoms with van der Waals surface area (Å²) < 4.78 is 37.3. The summed E-state index contributed by atoms with van der Waals surface area (Å²) >= 11 is 0. The van der Waals surface area contributed by atoms with Gasteiger partial charge in [-0.2, -0.15) is 0 Å². The summed E-state index contributed by atoms with van der Waals surface area (Å²) in [4.78, 5) is 12.1. The fraction of sp³-hybridized carbons (Fsp3) is 0.0952. The highest BCUT2D eigenvalue weighted by Crippen LogP contribution is 2.16. The van der Waals surface area contributed by atoms with Gasteiger partial charge < -0.3 is 14.5 Å². The number of rotatable bonds is 8. The second-order valence-corrected chi connectivity index (χ2v) is 7.79. The molecule has 3 aromatic rings. The Bertz CT molecular complexity index is 1070. The van der Waals surface area contributed by atoms with Crippen LogP contribution in [0.5, 0.6) is 5.75 Å². The van der Waals surface area contributed by atoms with Gasteiger partial charge in [-0.1, -0.05) is 12.1 Å². The van der Waals surface area contributed by atoms with Crippen molar-refractivity contribution in [3.8, 4) is 5.75 Å². The lowest BCUT2D eigenvalue weighted by molar-refractivity contribution is -0.111. The van der Waals surface area contributed by atoms with E-state index >= 15 is 0 Å². The van der Waals surface area contributed by atoms with Crippen LogP contribution in [-0.2, 0) is 21.4 Å². The maximum atomic E-state index is 12.3. The molecule has 1 heterocycles. The number of anilines is 1. The van der Waals surface area contributed by atoms with Crippen LogP contribution in [0.15, 0.2) is 82.3 Å². The Balaban J connectivity index is 1.58. The number of benzene rings is 2. The fourth-order valence-corrected chi connectivity index (χ4v) is 3.44. The molecule has 0 saturated heterocycles. The molecule has 2 N–H and O–H groups in total. The molecular weight excluding hydrogens is 392 g/mol. The summed E-state index contributed by atoms with van der Waals surface area (Å²) in [6, 6.07) is 16.5. The minimum Gasteiger partial charge on any atom is -0.497 e. The number of hydrogen-bond acceptors (Lipinski definition) is 5. The van der Waals surface area contributed by atoms with E-state index in [-0.39, 0.29) is 17.3 Å². The Morgan fingerprint density at radius 1 is 1.07 bits per heavy atom. The zero-order valence-corrected chi connectivity index (χ0v) is 16.5. The van der Waals surface area contributed by atoms with Crippen LogP contribution in [0.3, 0.4) is 0 Å². The molecular formula is C21H20N2O5S. The third-order valence-corrected chi connectivity index (χ3v) is 5.41. The van der Waals surface area contributed by atoms with Crippen molar-refractivity contribution in [2.75, 3.05) is 12.4 Å². The minimum absolute atomic E-state index is 0.0719. The zero-order valence-electron chi connectivity index (χ0n) is 15.7. The molecule has 7 nitrogen and oxygen atoms in total. The van der Waals surface area contributed by atoms with Gasteiger partial charge in [-0.15, -0.1) is 0 Å². The van der Waals surface area contributed by atoms with Crippen molar-refractivity contribution >= 4 is 27.7 Å². The number of carbonyl (C=O) groups is 1. The number of hydrogen-bond donors (Lipinski definition) is 2. The van der Waals surface area contributed by atoms with E-state index in [0.717, 1.165) is 0 Å². The molecule has 3 rings (SSSR count). The van der Waals surface area contributed by atoms with E-state index in [1.54, 1.807) is 61.7 Å². The molecule has 0 bridgehead atoms. The Hall–Kier alpha value is -3.36. The lowest BCUT2D eigenvalue weighted by Gasteiger charge is -2.06. The van der Waals surface area contributed by atoms with Gasteiger partial charge >= 0.3 is 0 Å². The molecule has 0 aliphatic heterocycles. The van der Waals surface area contributed by atoms with Crippen LogP contribution in [0, 0.1) is 0 Å². The number of carbonyl (C=O) groups excluding carboxylic acids is 1. The molecule has 8 heteroatoms. The second kappa shape index (κ2) is 9.22. The van der Waals surface area contributed by atoms with Crippen molar-refractivity contribution in [3.63, 3.8) is 0 Å². The van der Waals surface area contributed by atoms with E-state index < -0.39 is 10.0 Å². The van der Waals surface area contributed by atoms with E-state index in [1.165, 1.54) is 24.5 Å². The van der Waals surface area contributed by atoms with Crippen molar-refractivity contribution in [3.05, 3.63) is 84.3 Å². The standard InChI is InChI=1S/C21H20N2O5S/c1-27-18-9-7-17(8-10-18)23-21(24)13-6-16-4-11-20(12-5-16)29(25,26)22-15-19-3-2-14-28-19/h2-14,22H,15H2,1H3,(H,23,24)/b13-6+. The summed E-state index contributed by atoms with van der Waals surface area (Å²) in [5, 5.41) is 2.73. The van der Waals surface area contributed by atoms with Crippen LogP contribution in [-0.4, -0.2) is 21.4 Å². The van der Waals surface area contributed by atoms with E-state index in [0.29, 0.717) is 22.8 Å². The first kappa shape index (κ1) is 20.4. The van der Waals surface area contributed by atoms with Gasteiger partial charge in [-0.25, -0.2) is 13.1 Å².